The second-order valence-electron chi connectivity index (χ2n) is 11.1. The van der Waals surface area contributed by atoms with E-state index >= 15 is 8.78 Å². The number of amides is 2. The van der Waals surface area contributed by atoms with Crippen molar-refractivity contribution >= 4 is 17.7 Å². The zero-order valence-electron chi connectivity index (χ0n) is 21.9. The van der Waals surface area contributed by atoms with Crippen molar-refractivity contribution in [3.05, 3.63) is 59.7 Å². The van der Waals surface area contributed by atoms with Gasteiger partial charge in [-0.2, -0.15) is 5.26 Å². The lowest BCUT2D eigenvalue weighted by Crippen LogP contribution is -2.44. The van der Waals surface area contributed by atoms with E-state index in [2.05, 4.69) is 31.8 Å². The molecule has 210 valence electrons. The molecule has 13 heteroatoms. The van der Waals surface area contributed by atoms with E-state index in [0.29, 0.717) is 30.9 Å². The van der Waals surface area contributed by atoms with Crippen molar-refractivity contribution in [2.45, 2.75) is 36.8 Å². The highest BCUT2D eigenvalue weighted by Gasteiger charge is 2.72. The first-order valence-electron chi connectivity index (χ1n) is 13.6. The van der Waals surface area contributed by atoms with Crippen LogP contribution in [0.5, 0.6) is 0 Å². The van der Waals surface area contributed by atoms with Crippen LogP contribution in [0.15, 0.2) is 36.7 Å². The van der Waals surface area contributed by atoms with Gasteiger partial charge in [-0.25, -0.2) is 13.6 Å². The predicted molar refractivity (Wildman–Crippen MR) is 139 cm³/mol. The van der Waals surface area contributed by atoms with E-state index in [-0.39, 0.29) is 47.1 Å². The molecule has 2 unspecified atom stereocenters. The van der Waals surface area contributed by atoms with Crippen molar-refractivity contribution in [2.24, 2.45) is 11.8 Å². The van der Waals surface area contributed by atoms with Gasteiger partial charge in [0, 0.05) is 43.1 Å². The summed E-state index contributed by atoms with van der Waals surface area (Å²) in [6.45, 7) is 1.72. The van der Waals surface area contributed by atoms with Crippen LogP contribution in [0, 0.1) is 34.8 Å². The number of cyclic esters (lactones) is 1. The molecule has 4 atom stereocenters. The van der Waals surface area contributed by atoms with Gasteiger partial charge >= 0.3 is 6.09 Å². The Morgan fingerprint density at radius 1 is 1.22 bits per heavy atom. The molecule has 1 saturated carbocycles. The molecular weight excluding hydrogens is 534 g/mol. The maximum atomic E-state index is 15.7. The van der Waals surface area contributed by atoms with E-state index in [1.54, 1.807) is 17.0 Å². The van der Waals surface area contributed by atoms with Crippen molar-refractivity contribution in [1.29, 1.82) is 5.26 Å². The summed E-state index contributed by atoms with van der Waals surface area (Å²) < 4.78 is 36.8. The van der Waals surface area contributed by atoms with Crippen molar-refractivity contribution in [2.75, 3.05) is 31.1 Å². The normalized spacial score (nSPS) is 28.5. The number of anilines is 1. The van der Waals surface area contributed by atoms with E-state index in [4.69, 9.17) is 4.74 Å². The minimum absolute atomic E-state index is 0.0254. The molecule has 2 aromatic heterocycles. The molecule has 1 aromatic carbocycles. The van der Waals surface area contributed by atoms with Crippen molar-refractivity contribution < 1.29 is 23.1 Å². The van der Waals surface area contributed by atoms with Crippen LogP contribution in [0.4, 0.5) is 19.3 Å². The van der Waals surface area contributed by atoms with Gasteiger partial charge in [0.15, 0.2) is 0 Å². The maximum Gasteiger partial charge on any atom is 0.414 e. The first-order chi connectivity index (χ1) is 19.9. The number of fused-ring (bicyclic) bond motifs is 1. The van der Waals surface area contributed by atoms with Gasteiger partial charge in [-0.1, -0.05) is 11.3 Å². The van der Waals surface area contributed by atoms with Crippen molar-refractivity contribution in [1.82, 2.24) is 30.6 Å². The van der Waals surface area contributed by atoms with Gasteiger partial charge < -0.3 is 15.0 Å². The Morgan fingerprint density at radius 2 is 2.00 bits per heavy atom. The zero-order valence-corrected chi connectivity index (χ0v) is 21.9. The van der Waals surface area contributed by atoms with Crippen molar-refractivity contribution in [3.8, 4) is 17.2 Å². The van der Waals surface area contributed by atoms with Gasteiger partial charge in [-0.05, 0) is 37.6 Å². The molecular formula is C28H26F2N8O3. The maximum absolute atomic E-state index is 15.7. The molecule has 3 saturated heterocycles. The lowest BCUT2D eigenvalue weighted by molar-refractivity contribution is -0.132. The number of carbonyl (C=O) groups is 2. The number of benzene rings is 1. The second-order valence-corrected chi connectivity index (χ2v) is 11.1. The lowest BCUT2D eigenvalue weighted by atomic mass is 9.89. The third-order valence-electron chi connectivity index (χ3n) is 8.83. The van der Waals surface area contributed by atoms with Gasteiger partial charge in [0.2, 0.25) is 5.91 Å². The second kappa shape index (κ2) is 9.59. The number of pyridine rings is 1. The molecule has 3 aromatic rings. The highest BCUT2D eigenvalue weighted by Crippen LogP contribution is 2.64. The minimum atomic E-state index is -1.04. The number of ether oxygens (including phenoxy) is 1. The van der Waals surface area contributed by atoms with Crippen LogP contribution in [0.25, 0.3) is 11.1 Å². The van der Waals surface area contributed by atoms with Gasteiger partial charge in [-0.3, -0.25) is 19.8 Å². The van der Waals surface area contributed by atoms with Gasteiger partial charge in [0.25, 0.3) is 0 Å². The molecule has 7 rings (SSSR count). The smallest absolute Gasteiger partial charge is 0.414 e. The fourth-order valence-corrected chi connectivity index (χ4v) is 6.81. The summed E-state index contributed by atoms with van der Waals surface area (Å²) in [5.41, 5.74) is -0.163. The quantitative estimate of drug-likeness (QED) is 0.468. The van der Waals surface area contributed by atoms with Crippen LogP contribution >= 0.6 is 0 Å². The Bertz CT molecular complexity index is 1530. The Hall–Kier alpha value is -4.44. The third kappa shape index (κ3) is 4.04. The monoisotopic (exact) mass is 560 g/mol. The Balaban J connectivity index is 1.15. The molecule has 11 nitrogen and oxygen atoms in total. The van der Waals surface area contributed by atoms with E-state index in [9.17, 15) is 14.9 Å². The molecule has 0 bridgehead atoms. The van der Waals surface area contributed by atoms with Gasteiger partial charge in [0.1, 0.15) is 23.2 Å². The third-order valence-corrected chi connectivity index (χ3v) is 8.83. The Morgan fingerprint density at radius 3 is 2.66 bits per heavy atom. The average molecular weight is 561 g/mol. The number of halogens is 2. The SMILES string of the molecule is N#CC1(c2ncccc2-c2c(F)cc(N3C[C@@H](Cc4cnn[nH]4)OC3=O)cc2F)C2CN(C(=O)[C@@H]3CCCN3)CC21. The largest absolute Gasteiger partial charge is 0.444 e. The van der Waals surface area contributed by atoms with Gasteiger partial charge in [0.05, 0.1) is 47.5 Å². The Kier molecular flexibility index (Phi) is 5.97. The van der Waals surface area contributed by atoms with Gasteiger partial charge in [-0.15, -0.1) is 5.10 Å². The number of hydrogen-bond acceptors (Lipinski definition) is 8. The molecule has 1 aliphatic carbocycles. The highest BCUT2D eigenvalue weighted by molar-refractivity contribution is 5.90. The fourth-order valence-electron chi connectivity index (χ4n) is 6.81. The standard InChI is InChI=1S/C28H26F2N8O3/c29-21-8-16(38-11-17(41-27(38)40)7-15-10-34-36-35-15)9-22(30)24(21)18-3-1-6-33-25(18)28(14-31)19-12-37(13-20(19)28)26(39)23-4-2-5-32-23/h1,3,6,8-10,17,19-20,23,32H,2,4-5,7,11-13H2,(H,34,35,36)/t17-,19?,20?,23+,28?/m1/s1. The number of nitrogens with zero attached hydrogens (tertiary/aromatic N) is 6. The predicted octanol–water partition coefficient (Wildman–Crippen LogP) is 2.31. The summed E-state index contributed by atoms with van der Waals surface area (Å²) >= 11 is 0. The number of aromatic nitrogens is 4. The highest BCUT2D eigenvalue weighted by atomic mass is 19.1. The first-order valence-corrected chi connectivity index (χ1v) is 13.6. The average Bonchev–Trinajstić information content (AvgIpc) is 3.65. The molecule has 2 amide bonds. The number of nitrogens with one attached hydrogen (secondary N) is 2. The number of likely N-dealkylation sites (tertiary alicyclic amines) is 1. The number of carbonyl (C=O) groups excluding carboxylic acids is 2. The van der Waals surface area contributed by atoms with E-state index in [1.807, 2.05) is 0 Å². The van der Waals surface area contributed by atoms with Crippen LogP contribution < -0.4 is 10.2 Å². The minimum Gasteiger partial charge on any atom is -0.444 e. The van der Waals surface area contributed by atoms with Crippen LogP contribution in [-0.2, 0) is 21.4 Å². The summed E-state index contributed by atoms with van der Waals surface area (Å²) in [6, 6.07) is 7.52. The Labute approximate surface area is 233 Å². The fraction of sp³-hybridized carbons (Fsp3) is 0.429. The van der Waals surface area contributed by atoms with E-state index in [0.717, 1.165) is 31.5 Å². The number of aromatic amines is 1. The van der Waals surface area contributed by atoms with Crippen molar-refractivity contribution in [3.63, 3.8) is 0 Å². The number of piperidine rings is 1. The molecule has 0 radical (unpaired) electrons. The van der Waals surface area contributed by atoms with Crippen LogP contribution in [0.2, 0.25) is 0 Å². The molecule has 3 aliphatic heterocycles. The molecule has 41 heavy (non-hydrogen) atoms. The molecule has 4 fully saturated rings. The number of hydrogen-bond donors (Lipinski definition) is 2. The van der Waals surface area contributed by atoms with E-state index < -0.39 is 29.2 Å². The summed E-state index contributed by atoms with van der Waals surface area (Å²) in [5, 5.41) is 23.6. The summed E-state index contributed by atoms with van der Waals surface area (Å²) in [4.78, 5) is 32.9. The summed E-state index contributed by atoms with van der Waals surface area (Å²) in [5.74, 6) is -2.06. The summed E-state index contributed by atoms with van der Waals surface area (Å²) in [7, 11) is 0. The number of rotatable bonds is 6. The first kappa shape index (κ1) is 25.5. The number of nitriles is 1. The van der Waals surface area contributed by atoms with Crippen LogP contribution in [0.1, 0.15) is 24.2 Å². The number of H-pyrrole nitrogens is 1. The van der Waals surface area contributed by atoms with E-state index in [1.165, 1.54) is 17.3 Å². The summed E-state index contributed by atoms with van der Waals surface area (Å²) in [6.07, 6.45) is 3.85. The topological polar surface area (TPSA) is 140 Å². The molecule has 4 aliphatic rings. The van der Waals surface area contributed by atoms with Crippen LogP contribution in [0.3, 0.4) is 0 Å². The molecule has 5 heterocycles. The zero-order chi connectivity index (χ0) is 28.3. The lowest BCUT2D eigenvalue weighted by Gasteiger charge is -2.26. The molecule has 2 N–H and O–H groups in total. The van der Waals surface area contributed by atoms with Crippen LogP contribution in [-0.4, -0.2) is 75.6 Å². The molecule has 0 spiro atoms.